The monoisotopic (exact) mass is 273 g/mol. The second-order valence-corrected chi connectivity index (χ2v) is 4.66. The van der Waals surface area contributed by atoms with Gasteiger partial charge in [0.05, 0.1) is 18.3 Å². The van der Waals surface area contributed by atoms with Crippen LogP contribution >= 0.6 is 0 Å². The number of nitrogens with zero attached hydrogens (tertiary/aromatic N) is 3. The Morgan fingerprint density at radius 1 is 1.35 bits per heavy atom. The average molecular weight is 273 g/mol. The van der Waals surface area contributed by atoms with E-state index in [0.29, 0.717) is 0 Å². The molecular weight excluding hydrogens is 254 g/mol. The molecule has 0 saturated heterocycles. The van der Waals surface area contributed by atoms with Gasteiger partial charge >= 0.3 is 5.69 Å². The standard InChI is InChI=1S/C15H19N3O2/c1-3-12(2)18-15(20)17(11-16-18)14-8-6-13(7-9-14)5-4-10-19/h4-9,11-12,19H,3,10H2,1-2H3/b5-4+. The molecule has 0 spiro atoms. The van der Waals surface area contributed by atoms with Gasteiger partial charge in [-0.25, -0.2) is 14.0 Å². The van der Waals surface area contributed by atoms with E-state index in [1.54, 1.807) is 12.4 Å². The predicted octanol–water partition coefficient (Wildman–Crippen LogP) is 2.01. The second kappa shape index (κ2) is 6.34. The van der Waals surface area contributed by atoms with E-state index in [0.717, 1.165) is 17.7 Å². The van der Waals surface area contributed by atoms with Gasteiger partial charge in [-0.3, -0.25) is 0 Å². The van der Waals surface area contributed by atoms with Crippen molar-refractivity contribution >= 4 is 6.08 Å². The highest BCUT2D eigenvalue weighted by atomic mass is 16.2. The van der Waals surface area contributed by atoms with Crippen LogP contribution in [0.1, 0.15) is 31.9 Å². The number of benzene rings is 1. The molecule has 5 heteroatoms. The summed E-state index contributed by atoms with van der Waals surface area (Å²) < 4.78 is 3.03. The Morgan fingerprint density at radius 3 is 2.65 bits per heavy atom. The molecule has 1 N–H and O–H groups in total. The highest BCUT2D eigenvalue weighted by molar-refractivity contribution is 5.51. The molecule has 0 radical (unpaired) electrons. The summed E-state index contributed by atoms with van der Waals surface area (Å²) in [6.45, 7) is 4.02. The maximum atomic E-state index is 12.2. The normalized spacial score (nSPS) is 12.9. The van der Waals surface area contributed by atoms with Crippen LogP contribution in [0.25, 0.3) is 11.8 Å². The fourth-order valence-corrected chi connectivity index (χ4v) is 1.90. The van der Waals surface area contributed by atoms with Crippen LogP contribution in [0.15, 0.2) is 41.5 Å². The third-order valence-electron chi connectivity index (χ3n) is 3.29. The van der Waals surface area contributed by atoms with Crippen molar-refractivity contribution in [2.45, 2.75) is 26.3 Å². The summed E-state index contributed by atoms with van der Waals surface area (Å²) in [6, 6.07) is 7.61. The third kappa shape index (κ3) is 2.88. The fourth-order valence-electron chi connectivity index (χ4n) is 1.90. The molecule has 0 bridgehead atoms. The quantitative estimate of drug-likeness (QED) is 0.906. The molecule has 1 unspecified atom stereocenters. The highest BCUT2D eigenvalue weighted by Gasteiger charge is 2.10. The van der Waals surface area contributed by atoms with Gasteiger partial charge in [-0.1, -0.05) is 31.2 Å². The third-order valence-corrected chi connectivity index (χ3v) is 3.29. The van der Waals surface area contributed by atoms with Crippen molar-refractivity contribution in [3.05, 3.63) is 52.7 Å². The van der Waals surface area contributed by atoms with Crippen molar-refractivity contribution in [1.82, 2.24) is 14.3 Å². The Hall–Kier alpha value is -2.14. The minimum atomic E-state index is -0.127. The Labute approximate surface area is 117 Å². The number of aliphatic hydroxyl groups excluding tert-OH is 1. The molecule has 1 aromatic carbocycles. The Morgan fingerprint density at radius 2 is 2.05 bits per heavy atom. The molecule has 5 nitrogen and oxygen atoms in total. The van der Waals surface area contributed by atoms with Gasteiger partial charge in [0.15, 0.2) is 0 Å². The predicted molar refractivity (Wildman–Crippen MR) is 78.9 cm³/mol. The highest BCUT2D eigenvalue weighted by Crippen LogP contribution is 2.10. The zero-order valence-corrected chi connectivity index (χ0v) is 11.7. The minimum absolute atomic E-state index is 0.0168. The van der Waals surface area contributed by atoms with Crippen molar-refractivity contribution in [2.75, 3.05) is 6.61 Å². The van der Waals surface area contributed by atoms with E-state index >= 15 is 0 Å². The van der Waals surface area contributed by atoms with Crippen molar-refractivity contribution in [2.24, 2.45) is 0 Å². The van der Waals surface area contributed by atoms with E-state index in [1.165, 1.54) is 9.25 Å². The first-order valence-corrected chi connectivity index (χ1v) is 6.71. The van der Waals surface area contributed by atoms with E-state index in [1.807, 2.05) is 44.2 Å². The van der Waals surface area contributed by atoms with E-state index in [2.05, 4.69) is 5.10 Å². The first-order chi connectivity index (χ1) is 9.67. The van der Waals surface area contributed by atoms with E-state index in [9.17, 15) is 4.79 Å². The molecule has 0 amide bonds. The van der Waals surface area contributed by atoms with Gasteiger partial charge < -0.3 is 5.11 Å². The summed E-state index contributed by atoms with van der Waals surface area (Å²) in [4.78, 5) is 12.2. The topological polar surface area (TPSA) is 60.1 Å². The molecule has 0 fully saturated rings. The van der Waals surface area contributed by atoms with Crippen LogP contribution in [0.4, 0.5) is 0 Å². The van der Waals surface area contributed by atoms with Crippen LogP contribution in [0.2, 0.25) is 0 Å². The van der Waals surface area contributed by atoms with Gasteiger partial charge in [-0.2, -0.15) is 5.10 Å². The lowest BCUT2D eigenvalue weighted by molar-refractivity contribution is 0.343. The van der Waals surface area contributed by atoms with Crippen LogP contribution in [-0.4, -0.2) is 26.1 Å². The van der Waals surface area contributed by atoms with Crippen molar-refractivity contribution in [3.8, 4) is 5.69 Å². The summed E-state index contributed by atoms with van der Waals surface area (Å²) in [5.74, 6) is 0. The van der Waals surface area contributed by atoms with Gasteiger partial charge in [-0.15, -0.1) is 0 Å². The Balaban J connectivity index is 2.31. The van der Waals surface area contributed by atoms with E-state index in [-0.39, 0.29) is 18.3 Å². The average Bonchev–Trinajstić information content (AvgIpc) is 2.86. The summed E-state index contributed by atoms with van der Waals surface area (Å²) in [7, 11) is 0. The molecule has 20 heavy (non-hydrogen) atoms. The largest absolute Gasteiger partial charge is 0.392 e. The Kier molecular flexibility index (Phi) is 4.53. The van der Waals surface area contributed by atoms with Crippen molar-refractivity contribution in [1.29, 1.82) is 0 Å². The van der Waals surface area contributed by atoms with Gasteiger partial charge in [0, 0.05) is 0 Å². The molecule has 1 heterocycles. The first kappa shape index (κ1) is 14.3. The number of aromatic nitrogens is 3. The maximum Gasteiger partial charge on any atom is 0.350 e. The summed E-state index contributed by atoms with van der Waals surface area (Å²) >= 11 is 0. The lowest BCUT2D eigenvalue weighted by Crippen LogP contribution is -2.26. The number of hydrogen-bond acceptors (Lipinski definition) is 3. The molecule has 106 valence electrons. The molecule has 2 rings (SSSR count). The van der Waals surface area contributed by atoms with Gasteiger partial charge in [0.1, 0.15) is 6.33 Å². The van der Waals surface area contributed by atoms with E-state index in [4.69, 9.17) is 5.11 Å². The Bertz CT molecular complexity index is 638. The smallest absolute Gasteiger partial charge is 0.350 e. The molecule has 2 aromatic rings. The second-order valence-electron chi connectivity index (χ2n) is 4.66. The van der Waals surface area contributed by atoms with Gasteiger partial charge in [0.2, 0.25) is 0 Å². The molecule has 0 aliphatic heterocycles. The van der Waals surface area contributed by atoms with Crippen LogP contribution in [0.3, 0.4) is 0 Å². The fraction of sp³-hybridized carbons (Fsp3) is 0.333. The number of hydrogen-bond donors (Lipinski definition) is 1. The van der Waals surface area contributed by atoms with Crippen LogP contribution in [0, 0.1) is 0 Å². The van der Waals surface area contributed by atoms with Crippen LogP contribution in [0.5, 0.6) is 0 Å². The summed E-state index contributed by atoms with van der Waals surface area (Å²) in [5.41, 5.74) is 1.63. The van der Waals surface area contributed by atoms with Crippen LogP contribution < -0.4 is 5.69 Å². The SMILES string of the molecule is CCC(C)n1ncn(-c2ccc(/C=C/CO)cc2)c1=O. The maximum absolute atomic E-state index is 12.2. The lowest BCUT2D eigenvalue weighted by Gasteiger charge is -2.06. The van der Waals surface area contributed by atoms with Crippen LogP contribution in [-0.2, 0) is 0 Å². The molecule has 1 aromatic heterocycles. The number of rotatable bonds is 5. The summed E-state index contributed by atoms with van der Waals surface area (Å²) in [5, 5.41) is 12.9. The first-order valence-electron chi connectivity index (χ1n) is 6.71. The molecular formula is C15H19N3O2. The van der Waals surface area contributed by atoms with Crippen molar-refractivity contribution < 1.29 is 5.11 Å². The molecule has 0 aliphatic rings. The van der Waals surface area contributed by atoms with Gasteiger partial charge in [-0.05, 0) is 31.0 Å². The van der Waals surface area contributed by atoms with Crippen molar-refractivity contribution in [3.63, 3.8) is 0 Å². The molecule has 0 saturated carbocycles. The lowest BCUT2D eigenvalue weighted by atomic mass is 10.2. The van der Waals surface area contributed by atoms with Gasteiger partial charge in [0.25, 0.3) is 0 Å². The minimum Gasteiger partial charge on any atom is -0.392 e. The number of aliphatic hydroxyl groups is 1. The molecule has 1 atom stereocenters. The summed E-state index contributed by atoms with van der Waals surface area (Å²) in [6.07, 6.45) is 5.91. The zero-order valence-electron chi connectivity index (χ0n) is 11.7. The molecule has 0 aliphatic carbocycles. The van der Waals surface area contributed by atoms with E-state index < -0.39 is 0 Å². The zero-order chi connectivity index (χ0) is 14.5.